The van der Waals surface area contributed by atoms with Crippen LogP contribution in [-0.2, 0) is 24.3 Å². The lowest BCUT2D eigenvalue weighted by Gasteiger charge is -2.09. The van der Waals surface area contributed by atoms with Gasteiger partial charge in [-0.25, -0.2) is 8.42 Å². The van der Waals surface area contributed by atoms with Gasteiger partial charge in [-0.1, -0.05) is 25.1 Å². The molecule has 1 aliphatic heterocycles. The van der Waals surface area contributed by atoms with E-state index in [2.05, 4.69) is 9.46 Å². The second kappa shape index (κ2) is 5.69. The molecular weight excluding hydrogens is 294 g/mol. The lowest BCUT2D eigenvalue weighted by molar-refractivity contribution is -0.148. The number of esters is 1. The van der Waals surface area contributed by atoms with Crippen LogP contribution in [0.15, 0.2) is 35.2 Å². The second-order valence-electron chi connectivity index (χ2n) is 4.55. The van der Waals surface area contributed by atoms with E-state index >= 15 is 0 Å². The highest BCUT2D eigenvalue weighted by Gasteiger charge is 2.31. The molecule has 112 valence electrons. The summed E-state index contributed by atoms with van der Waals surface area (Å²) in [5.41, 5.74) is 0.600. The van der Waals surface area contributed by atoms with Crippen molar-refractivity contribution in [1.82, 2.24) is 4.72 Å². The number of methoxy groups -OCH3 is 1. The van der Waals surface area contributed by atoms with Crippen molar-refractivity contribution in [3.63, 3.8) is 0 Å². The number of rotatable bonds is 4. The van der Waals surface area contributed by atoms with E-state index in [0.717, 1.165) is 6.08 Å². The van der Waals surface area contributed by atoms with Crippen molar-refractivity contribution < 1.29 is 22.7 Å². The van der Waals surface area contributed by atoms with Gasteiger partial charge < -0.3 is 4.74 Å². The number of ether oxygens (including phenoxy) is 1. The van der Waals surface area contributed by atoms with Crippen LogP contribution >= 0.6 is 0 Å². The molecule has 0 radical (unpaired) electrons. The molecular formula is C14H15NO5S. The first kappa shape index (κ1) is 15.2. The zero-order valence-corrected chi connectivity index (χ0v) is 12.4. The monoisotopic (exact) mass is 309 g/mol. The lowest BCUT2D eigenvalue weighted by Crippen LogP contribution is -2.24. The molecule has 1 aromatic rings. The van der Waals surface area contributed by atoms with Crippen molar-refractivity contribution in [3.05, 3.63) is 35.9 Å². The smallest absolute Gasteiger partial charge is 0.316 e. The Labute approximate surface area is 122 Å². The van der Waals surface area contributed by atoms with Crippen molar-refractivity contribution in [2.45, 2.75) is 18.2 Å². The summed E-state index contributed by atoms with van der Waals surface area (Å²) in [5, 5.41) is 0. The Morgan fingerprint density at radius 1 is 1.33 bits per heavy atom. The van der Waals surface area contributed by atoms with Crippen molar-refractivity contribution in [2.24, 2.45) is 5.92 Å². The number of allylic oxidation sites excluding steroid dienone is 1. The number of carbonyl (C=O) groups excluding carboxylic acids is 2. The molecule has 1 unspecified atom stereocenters. The molecule has 1 aromatic carbocycles. The Morgan fingerprint density at radius 3 is 2.62 bits per heavy atom. The summed E-state index contributed by atoms with van der Waals surface area (Å²) in [6.45, 7) is 1.69. The van der Waals surface area contributed by atoms with E-state index < -0.39 is 27.7 Å². The van der Waals surface area contributed by atoms with E-state index in [1.807, 2.05) is 0 Å². The Hall–Kier alpha value is -2.15. The molecule has 7 heteroatoms. The van der Waals surface area contributed by atoms with E-state index in [0.29, 0.717) is 5.56 Å². The largest absolute Gasteiger partial charge is 0.468 e. The van der Waals surface area contributed by atoms with Crippen molar-refractivity contribution in [3.8, 4) is 0 Å². The highest BCUT2D eigenvalue weighted by molar-refractivity contribution is 7.90. The first-order valence-electron chi connectivity index (χ1n) is 6.36. The van der Waals surface area contributed by atoms with Crippen molar-refractivity contribution in [2.75, 3.05) is 7.11 Å². The summed E-state index contributed by atoms with van der Waals surface area (Å²) in [5.74, 6) is -2.05. The van der Waals surface area contributed by atoms with E-state index in [1.165, 1.54) is 13.2 Å². The van der Waals surface area contributed by atoms with Crippen LogP contribution < -0.4 is 4.72 Å². The number of benzene rings is 1. The number of carbonyl (C=O) groups is 2. The van der Waals surface area contributed by atoms with Crippen LogP contribution in [0.1, 0.15) is 18.9 Å². The standard InChI is InChI=1S/C14H15NO5S/c1-3-9(14(17)20-2)12(16)8-11-10-6-4-5-7-13(10)21(18,19)15-11/h4-9,15H,3H2,1-2H3/b11-8-. The van der Waals surface area contributed by atoms with Crippen LogP contribution in [-0.4, -0.2) is 27.3 Å². The molecule has 0 saturated heterocycles. The normalized spacial score (nSPS) is 18.7. The predicted octanol–water partition coefficient (Wildman–Crippen LogP) is 1.09. The maximum absolute atomic E-state index is 12.1. The molecule has 1 heterocycles. The molecule has 0 fully saturated rings. The third kappa shape index (κ3) is 2.82. The summed E-state index contributed by atoms with van der Waals surface area (Å²) in [7, 11) is -2.44. The number of nitrogens with one attached hydrogen (secondary N) is 1. The summed E-state index contributed by atoms with van der Waals surface area (Å²) >= 11 is 0. The Bertz CT molecular complexity index is 721. The molecule has 6 nitrogen and oxygen atoms in total. The highest BCUT2D eigenvalue weighted by atomic mass is 32.2. The van der Waals surface area contributed by atoms with Gasteiger partial charge in [0.2, 0.25) is 0 Å². The molecule has 0 saturated carbocycles. The molecule has 0 bridgehead atoms. The van der Waals surface area contributed by atoms with Gasteiger partial charge in [0, 0.05) is 11.6 Å². The van der Waals surface area contributed by atoms with Crippen LogP contribution in [0.4, 0.5) is 0 Å². The molecule has 2 rings (SSSR count). The summed E-state index contributed by atoms with van der Waals surface area (Å²) < 4.78 is 30.7. The number of fused-ring (bicyclic) bond motifs is 1. The van der Waals surface area contributed by atoms with E-state index in [-0.39, 0.29) is 17.0 Å². The van der Waals surface area contributed by atoms with Gasteiger partial charge in [0.15, 0.2) is 5.78 Å². The zero-order valence-electron chi connectivity index (χ0n) is 11.6. The van der Waals surface area contributed by atoms with E-state index in [4.69, 9.17) is 0 Å². The summed E-state index contributed by atoms with van der Waals surface area (Å²) in [6.07, 6.45) is 1.43. The fraction of sp³-hybridized carbons (Fsp3) is 0.286. The Balaban J connectivity index is 2.40. The Kier molecular flexibility index (Phi) is 4.13. The first-order valence-corrected chi connectivity index (χ1v) is 7.84. The third-order valence-corrected chi connectivity index (χ3v) is 4.66. The molecule has 1 atom stereocenters. The van der Waals surface area contributed by atoms with Gasteiger partial charge in [0.05, 0.1) is 17.7 Å². The minimum atomic E-state index is -3.65. The summed E-state index contributed by atoms with van der Waals surface area (Å²) in [6, 6.07) is 6.34. The maximum atomic E-state index is 12.1. The van der Waals surface area contributed by atoms with Gasteiger partial charge in [-0.15, -0.1) is 0 Å². The van der Waals surface area contributed by atoms with Gasteiger partial charge in [-0.3, -0.25) is 14.3 Å². The van der Waals surface area contributed by atoms with Crippen LogP contribution in [0.3, 0.4) is 0 Å². The fourth-order valence-corrected chi connectivity index (χ4v) is 3.45. The lowest BCUT2D eigenvalue weighted by atomic mass is 9.99. The van der Waals surface area contributed by atoms with Crippen molar-refractivity contribution in [1.29, 1.82) is 0 Å². The number of hydrogen-bond acceptors (Lipinski definition) is 5. The molecule has 0 aromatic heterocycles. The van der Waals surface area contributed by atoms with Gasteiger partial charge in [-0.2, -0.15) is 0 Å². The average Bonchev–Trinajstić information content (AvgIpc) is 2.71. The van der Waals surface area contributed by atoms with Gasteiger partial charge in [0.25, 0.3) is 10.0 Å². The SMILES string of the molecule is CCC(C(=O)/C=C1\NS(=O)(=O)c2ccccc21)C(=O)OC. The molecule has 21 heavy (non-hydrogen) atoms. The first-order chi connectivity index (χ1) is 9.90. The number of hydrogen-bond donors (Lipinski definition) is 1. The van der Waals surface area contributed by atoms with Gasteiger partial charge >= 0.3 is 5.97 Å². The van der Waals surface area contributed by atoms with Crippen LogP contribution in [0.25, 0.3) is 5.70 Å². The highest BCUT2D eigenvalue weighted by Crippen LogP contribution is 2.30. The topological polar surface area (TPSA) is 89.5 Å². The predicted molar refractivity (Wildman–Crippen MR) is 75.5 cm³/mol. The molecule has 0 aliphatic carbocycles. The molecule has 1 N–H and O–H groups in total. The van der Waals surface area contributed by atoms with Gasteiger partial charge in [0.1, 0.15) is 5.92 Å². The van der Waals surface area contributed by atoms with E-state index in [1.54, 1.807) is 25.1 Å². The van der Waals surface area contributed by atoms with Crippen LogP contribution in [0.2, 0.25) is 0 Å². The Morgan fingerprint density at radius 2 is 2.00 bits per heavy atom. The molecule has 1 aliphatic rings. The molecule has 0 spiro atoms. The molecule has 0 amide bonds. The number of ketones is 1. The van der Waals surface area contributed by atoms with Crippen LogP contribution in [0, 0.1) is 5.92 Å². The number of sulfonamides is 1. The summed E-state index contributed by atoms with van der Waals surface area (Å²) in [4.78, 5) is 23.8. The van der Waals surface area contributed by atoms with Gasteiger partial charge in [-0.05, 0) is 12.5 Å². The zero-order chi connectivity index (χ0) is 15.6. The quantitative estimate of drug-likeness (QED) is 0.511. The third-order valence-electron chi connectivity index (χ3n) is 3.24. The van der Waals surface area contributed by atoms with Crippen LogP contribution in [0.5, 0.6) is 0 Å². The minimum absolute atomic E-state index is 0.121. The average molecular weight is 309 g/mol. The minimum Gasteiger partial charge on any atom is -0.468 e. The fourth-order valence-electron chi connectivity index (χ4n) is 2.15. The maximum Gasteiger partial charge on any atom is 0.316 e. The second-order valence-corrected chi connectivity index (χ2v) is 6.20. The van der Waals surface area contributed by atoms with Crippen molar-refractivity contribution >= 4 is 27.5 Å². The van der Waals surface area contributed by atoms with E-state index in [9.17, 15) is 18.0 Å².